The average Bonchev–Trinajstić information content (AvgIpc) is 3.20. The highest BCUT2D eigenvalue weighted by Crippen LogP contribution is 2.02. The molecule has 3 rings (SSSR count). The van der Waals surface area contributed by atoms with Crippen LogP contribution >= 0.6 is 0 Å². The number of carbonyl (C=O) groups is 2. The first-order valence-electron chi connectivity index (χ1n) is 17.1. The molecule has 0 saturated carbocycles. The van der Waals surface area contributed by atoms with Crippen LogP contribution in [0, 0.1) is 0 Å². The second-order valence-electron chi connectivity index (χ2n) is 12.0. The molecule has 3 aromatic rings. The molecule has 308 valence electrons. The second-order valence-corrected chi connectivity index (χ2v) is 12.0. The van der Waals surface area contributed by atoms with E-state index in [0.29, 0.717) is 53.3 Å². The quantitative estimate of drug-likeness (QED) is 0.0548. The van der Waals surface area contributed by atoms with E-state index in [4.69, 9.17) is 9.47 Å². The molecular formula is C36H41N9O13. The molecule has 0 fully saturated rings. The van der Waals surface area contributed by atoms with Crippen molar-refractivity contribution < 1.29 is 19.1 Å². The molecule has 0 aliphatic rings. The Balaban J connectivity index is 2.33. The van der Waals surface area contributed by atoms with E-state index in [1.165, 1.54) is 24.3 Å². The van der Waals surface area contributed by atoms with Gasteiger partial charge in [-0.1, -0.05) is 43.5 Å². The summed E-state index contributed by atoms with van der Waals surface area (Å²) >= 11 is 0. The van der Waals surface area contributed by atoms with Gasteiger partial charge in [-0.2, -0.15) is 0 Å². The average molecular weight is 808 g/mol. The van der Waals surface area contributed by atoms with Gasteiger partial charge in [0.05, 0.1) is 58.9 Å². The van der Waals surface area contributed by atoms with Gasteiger partial charge in [-0.05, 0) is 0 Å². The SMILES string of the molecule is C=CCn1c(=O)n(CC=C)c(=O)n(CC(Cn2c(=O)n(CC=C)c(=O)n(CC(Cn3c(=O)n(CC=C)c(=O)n(CC=C)c3=O)OC(=O)C=C)c2=O)OC(=O)C=C)c1=O. The summed E-state index contributed by atoms with van der Waals surface area (Å²) in [6.07, 6.45) is 3.94. The summed E-state index contributed by atoms with van der Waals surface area (Å²) in [5, 5.41) is 0. The number of esters is 2. The van der Waals surface area contributed by atoms with E-state index in [9.17, 15) is 52.7 Å². The van der Waals surface area contributed by atoms with E-state index in [-0.39, 0.29) is 26.2 Å². The smallest absolute Gasteiger partial charge is 0.336 e. The predicted molar refractivity (Wildman–Crippen MR) is 209 cm³/mol. The van der Waals surface area contributed by atoms with Crippen molar-refractivity contribution in [2.45, 2.75) is 71.1 Å². The number of ether oxygens (including phenoxy) is 2. The fraction of sp³-hybridized carbons (Fsp3) is 0.306. The van der Waals surface area contributed by atoms with Crippen molar-refractivity contribution in [2.75, 3.05) is 0 Å². The number of allylic oxidation sites excluding steroid dienone is 5. The van der Waals surface area contributed by atoms with Gasteiger partial charge in [-0.25, -0.2) is 93.8 Å². The van der Waals surface area contributed by atoms with E-state index in [0.717, 1.165) is 6.08 Å². The van der Waals surface area contributed by atoms with Gasteiger partial charge >= 0.3 is 63.1 Å². The summed E-state index contributed by atoms with van der Waals surface area (Å²) in [6, 6.07) is 0. The number of nitrogens with zero attached hydrogens (tertiary/aromatic N) is 9. The Labute approximate surface area is 325 Å². The summed E-state index contributed by atoms with van der Waals surface area (Å²) in [6.45, 7) is 18.7. The molecule has 0 N–H and O–H groups in total. The molecule has 3 aromatic heterocycles. The number of carbonyl (C=O) groups excluding carboxylic acids is 2. The molecule has 0 bridgehead atoms. The van der Waals surface area contributed by atoms with Crippen molar-refractivity contribution in [3.8, 4) is 0 Å². The molecule has 2 atom stereocenters. The van der Waals surface area contributed by atoms with Crippen molar-refractivity contribution in [1.82, 2.24) is 41.1 Å². The first kappa shape index (κ1) is 44.7. The molecular weight excluding hydrogens is 766 g/mol. The van der Waals surface area contributed by atoms with Gasteiger partial charge < -0.3 is 9.47 Å². The Kier molecular flexibility index (Phi) is 15.3. The molecule has 0 saturated heterocycles. The van der Waals surface area contributed by atoms with Crippen molar-refractivity contribution in [1.29, 1.82) is 0 Å². The Morgan fingerprint density at radius 2 is 0.534 bits per heavy atom. The Bertz CT molecular complexity index is 2470. The zero-order valence-corrected chi connectivity index (χ0v) is 31.3. The minimum absolute atomic E-state index is 0.343. The lowest BCUT2D eigenvalue weighted by Crippen LogP contribution is -2.58. The van der Waals surface area contributed by atoms with Crippen LogP contribution in [-0.4, -0.2) is 65.3 Å². The maximum atomic E-state index is 14.1. The van der Waals surface area contributed by atoms with E-state index < -0.39 is 108 Å². The molecule has 3 heterocycles. The third-order valence-electron chi connectivity index (χ3n) is 8.16. The van der Waals surface area contributed by atoms with Gasteiger partial charge in [0, 0.05) is 12.2 Å². The second kappa shape index (κ2) is 19.8. The van der Waals surface area contributed by atoms with Gasteiger partial charge in [0.15, 0.2) is 0 Å². The molecule has 0 amide bonds. The van der Waals surface area contributed by atoms with Crippen LogP contribution in [0.3, 0.4) is 0 Å². The van der Waals surface area contributed by atoms with E-state index in [2.05, 4.69) is 46.1 Å². The topological polar surface area (TPSA) is 251 Å². The third-order valence-corrected chi connectivity index (χ3v) is 8.16. The summed E-state index contributed by atoms with van der Waals surface area (Å²) in [5.74, 6) is -2.25. The van der Waals surface area contributed by atoms with Gasteiger partial charge in [-0.15, -0.1) is 32.9 Å². The molecule has 58 heavy (non-hydrogen) atoms. The Hall–Kier alpha value is -7.65. The normalized spacial score (nSPS) is 11.8. The molecule has 0 aromatic carbocycles. The lowest BCUT2D eigenvalue weighted by molar-refractivity contribution is -0.145. The van der Waals surface area contributed by atoms with Crippen molar-refractivity contribution in [3.05, 3.63) is 183 Å². The number of hydrogen-bond acceptors (Lipinski definition) is 13. The van der Waals surface area contributed by atoms with Crippen LogP contribution in [0.25, 0.3) is 0 Å². The van der Waals surface area contributed by atoms with E-state index >= 15 is 0 Å². The Morgan fingerprint density at radius 1 is 0.362 bits per heavy atom. The number of rotatable bonds is 22. The van der Waals surface area contributed by atoms with Crippen LogP contribution in [0.5, 0.6) is 0 Å². The minimum atomic E-state index is -1.72. The van der Waals surface area contributed by atoms with Gasteiger partial charge in [0.2, 0.25) is 0 Å². The largest absolute Gasteiger partial charge is 0.455 e. The zero-order valence-electron chi connectivity index (χ0n) is 31.3. The lowest BCUT2D eigenvalue weighted by atomic mass is 10.3. The maximum absolute atomic E-state index is 14.1. The highest BCUT2D eigenvalue weighted by molar-refractivity contribution is 5.81. The Morgan fingerprint density at radius 3 is 0.707 bits per heavy atom. The third kappa shape index (κ3) is 9.41. The maximum Gasteiger partial charge on any atom is 0.336 e. The van der Waals surface area contributed by atoms with E-state index in [1.54, 1.807) is 0 Å². The van der Waals surface area contributed by atoms with Gasteiger partial charge in [-0.3, -0.25) is 0 Å². The lowest BCUT2D eigenvalue weighted by Gasteiger charge is -2.23. The molecule has 0 aliphatic carbocycles. The zero-order chi connectivity index (χ0) is 43.4. The monoisotopic (exact) mass is 807 g/mol. The standard InChI is InChI=1S/C36H41N9O13/c1-8-15-37-28(48)38(16-9-2)31(51)42(30(37)50)20-24(57-26(46)13-6)22-44-34(54)41(19-12-5)35(55)45(36(44)56)23-25(58-27(47)14-7)21-43-32(52)39(17-10-3)29(49)40(18-11-4)33(43)53/h8-14,24-25H,1-7,15-23H2. The predicted octanol–water partition coefficient (Wildman–Crippen LogP) is -3.33. The number of hydrogen-bond donors (Lipinski definition) is 0. The van der Waals surface area contributed by atoms with Crippen LogP contribution in [0.4, 0.5) is 0 Å². The molecule has 22 nitrogen and oxygen atoms in total. The molecule has 0 radical (unpaired) electrons. The first-order chi connectivity index (χ1) is 27.6. The van der Waals surface area contributed by atoms with Crippen LogP contribution < -0.4 is 51.2 Å². The fourth-order valence-corrected chi connectivity index (χ4v) is 5.60. The van der Waals surface area contributed by atoms with E-state index in [1.807, 2.05) is 0 Å². The highest BCUT2D eigenvalue weighted by atomic mass is 16.5. The summed E-state index contributed by atoms with van der Waals surface area (Å²) in [4.78, 5) is 146. The molecule has 0 spiro atoms. The van der Waals surface area contributed by atoms with Crippen molar-refractivity contribution >= 4 is 11.9 Å². The van der Waals surface area contributed by atoms with Crippen LogP contribution in [0.15, 0.2) is 132 Å². The van der Waals surface area contributed by atoms with Gasteiger partial charge in [0.1, 0.15) is 12.2 Å². The minimum Gasteiger partial charge on any atom is -0.455 e. The highest BCUT2D eigenvalue weighted by Gasteiger charge is 2.27. The van der Waals surface area contributed by atoms with Crippen molar-refractivity contribution in [2.24, 2.45) is 0 Å². The summed E-state index contributed by atoms with van der Waals surface area (Å²) in [7, 11) is 0. The van der Waals surface area contributed by atoms with Crippen LogP contribution in [0.1, 0.15) is 0 Å². The number of aromatic nitrogens is 9. The molecule has 22 heteroatoms. The molecule has 2 unspecified atom stereocenters. The molecule has 0 aliphatic heterocycles. The summed E-state index contributed by atoms with van der Waals surface area (Å²) in [5.41, 5.74) is -10.6. The van der Waals surface area contributed by atoms with Crippen LogP contribution in [-0.2, 0) is 78.0 Å². The van der Waals surface area contributed by atoms with Gasteiger partial charge in [0.25, 0.3) is 0 Å². The first-order valence-corrected chi connectivity index (χ1v) is 17.1. The van der Waals surface area contributed by atoms with Crippen LogP contribution in [0.2, 0.25) is 0 Å². The summed E-state index contributed by atoms with van der Waals surface area (Å²) < 4.78 is 15.7. The fourth-order valence-electron chi connectivity index (χ4n) is 5.60. The van der Waals surface area contributed by atoms with Crippen molar-refractivity contribution in [3.63, 3.8) is 0 Å².